The minimum absolute atomic E-state index is 0.228. The van der Waals surface area contributed by atoms with Crippen molar-refractivity contribution < 1.29 is 4.79 Å². The van der Waals surface area contributed by atoms with Crippen molar-refractivity contribution in [2.24, 2.45) is 0 Å². The molecule has 29 heavy (non-hydrogen) atoms. The lowest BCUT2D eigenvalue weighted by molar-refractivity contribution is -0.105. The zero-order chi connectivity index (χ0) is 19.7. The van der Waals surface area contributed by atoms with Gasteiger partial charge in [0.15, 0.2) is 23.2 Å². The number of hydrogen-bond acceptors (Lipinski definition) is 2. The Hall–Kier alpha value is -3.67. The largest absolute Gasteiger partial charge is 0.367 e. The van der Waals surface area contributed by atoms with Crippen LogP contribution in [0.2, 0.25) is 0 Å². The van der Waals surface area contributed by atoms with E-state index in [0.29, 0.717) is 5.57 Å². The van der Waals surface area contributed by atoms with Crippen LogP contribution in [0, 0.1) is 0 Å². The first kappa shape index (κ1) is 17.4. The average molecular weight is 381 g/mol. The Morgan fingerprint density at radius 3 is 1.66 bits per heavy atom. The number of nitrogens with zero attached hydrogens (tertiary/aromatic N) is 1. The molecule has 0 bridgehead atoms. The first-order chi connectivity index (χ1) is 14.3. The molecule has 5 heteroatoms. The predicted octanol–water partition coefficient (Wildman–Crippen LogP) is 4.53. The molecule has 3 heterocycles. The third-order valence-corrected chi connectivity index (χ3v) is 5.63. The molecule has 3 N–H and O–H groups in total. The molecule has 1 aliphatic heterocycles. The summed E-state index contributed by atoms with van der Waals surface area (Å²) in [6.45, 7) is 0. The van der Waals surface area contributed by atoms with Gasteiger partial charge in [-0.3, -0.25) is 4.79 Å². The highest BCUT2D eigenvalue weighted by Crippen LogP contribution is 2.47. The molecule has 0 atom stereocenters. The Bertz CT molecular complexity index is 1060. The van der Waals surface area contributed by atoms with Crippen LogP contribution in [0.4, 0.5) is 11.4 Å². The van der Waals surface area contributed by atoms with E-state index in [-0.39, 0.29) is 4.59 Å². The molecule has 2 aromatic carbocycles. The van der Waals surface area contributed by atoms with Crippen LogP contribution in [0.3, 0.4) is 0 Å². The number of aromatic nitrogens is 2. The van der Waals surface area contributed by atoms with Crippen LogP contribution < -0.4 is 10.0 Å². The summed E-state index contributed by atoms with van der Waals surface area (Å²) in [5.41, 5.74) is 7.68. The van der Waals surface area contributed by atoms with E-state index in [4.69, 9.17) is 0 Å². The molecule has 0 unspecified atom stereocenters. The number of carbonyl (C=O) groups excluding carboxylic acids is 1. The van der Waals surface area contributed by atoms with Crippen LogP contribution in [0.15, 0.2) is 109 Å². The average Bonchev–Trinajstić information content (AvgIpc) is 3.55. The molecule has 0 spiro atoms. The summed E-state index contributed by atoms with van der Waals surface area (Å²) in [4.78, 5) is 18.7. The predicted molar refractivity (Wildman–Crippen MR) is 114 cm³/mol. The molecule has 0 saturated carbocycles. The number of nitrogens with one attached hydrogen (secondary N) is 3. The Kier molecular flexibility index (Phi) is 4.05. The van der Waals surface area contributed by atoms with E-state index in [1.54, 1.807) is 0 Å². The van der Waals surface area contributed by atoms with Gasteiger partial charge in [-0.2, -0.15) is 4.59 Å². The molecule has 5 nitrogen and oxygen atoms in total. The van der Waals surface area contributed by atoms with Crippen molar-refractivity contribution in [1.82, 2.24) is 20.0 Å². The smallest absolute Gasteiger partial charge is 0.162 e. The zero-order valence-electron chi connectivity index (χ0n) is 15.7. The molecular weight excluding hydrogens is 360 g/mol. The highest BCUT2D eigenvalue weighted by molar-refractivity contribution is 5.84. The zero-order valence-corrected chi connectivity index (χ0v) is 15.7. The quantitative estimate of drug-likeness (QED) is 0.351. The molecule has 0 aliphatic carbocycles. The number of benzene rings is 2. The van der Waals surface area contributed by atoms with Crippen molar-refractivity contribution in [2.75, 3.05) is 0 Å². The number of rotatable bonds is 5. The van der Waals surface area contributed by atoms with Crippen LogP contribution in [0.1, 0.15) is 11.1 Å². The van der Waals surface area contributed by atoms with Gasteiger partial charge in [0.05, 0.1) is 5.57 Å². The van der Waals surface area contributed by atoms with E-state index in [9.17, 15) is 4.79 Å². The standard InChI is InChI=1S/C24H21N4O/c29-18-21-17-28(22-7-3-1-4-8-22,23-9-5-2-6-10-23)27-24(21,19-11-13-25-15-19)20-12-14-26-16-20/h1-18,25-27H/q+1. The van der Waals surface area contributed by atoms with Crippen LogP contribution in [0.5, 0.6) is 0 Å². The second-order valence-corrected chi connectivity index (χ2v) is 7.16. The Morgan fingerprint density at radius 1 is 0.724 bits per heavy atom. The van der Waals surface area contributed by atoms with E-state index < -0.39 is 5.54 Å². The van der Waals surface area contributed by atoms with Gasteiger partial charge in [-0.05, 0) is 12.1 Å². The van der Waals surface area contributed by atoms with Gasteiger partial charge in [0.2, 0.25) is 0 Å². The second kappa shape index (κ2) is 6.74. The highest BCUT2D eigenvalue weighted by Gasteiger charge is 2.55. The van der Waals surface area contributed by atoms with Crippen LogP contribution in [-0.2, 0) is 10.3 Å². The molecule has 142 valence electrons. The van der Waals surface area contributed by atoms with Crippen LogP contribution in [-0.4, -0.2) is 16.3 Å². The summed E-state index contributed by atoms with van der Waals surface area (Å²) in [5.74, 6) is 0. The summed E-state index contributed by atoms with van der Waals surface area (Å²) in [5, 5.41) is 0. The SMILES string of the molecule is O=CC1=C[N+](c2ccccc2)(c2ccccc2)NC1(c1cc[nH]c1)c1cc[nH]c1. The van der Waals surface area contributed by atoms with Gasteiger partial charge in [-0.1, -0.05) is 36.4 Å². The Balaban J connectivity index is 1.82. The van der Waals surface area contributed by atoms with Crippen molar-refractivity contribution >= 4 is 17.7 Å². The van der Waals surface area contributed by atoms with E-state index in [2.05, 4.69) is 39.7 Å². The van der Waals surface area contributed by atoms with E-state index in [1.165, 1.54) is 0 Å². The first-order valence-electron chi connectivity index (χ1n) is 9.54. The third kappa shape index (κ3) is 2.52. The summed E-state index contributed by atoms with van der Waals surface area (Å²) in [7, 11) is 0. The number of aldehydes is 1. The van der Waals surface area contributed by atoms with Gasteiger partial charge in [-0.15, -0.1) is 5.43 Å². The van der Waals surface area contributed by atoms with Gasteiger partial charge in [-0.25, -0.2) is 0 Å². The number of quaternary nitrogens is 1. The van der Waals surface area contributed by atoms with E-state index in [0.717, 1.165) is 28.8 Å². The second-order valence-electron chi connectivity index (χ2n) is 7.16. The maximum atomic E-state index is 12.4. The molecule has 5 rings (SSSR count). The lowest BCUT2D eigenvalue weighted by Crippen LogP contribution is -2.56. The van der Waals surface area contributed by atoms with Gasteiger partial charge < -0.3 is 9.97 Å². The maximum absolute atomic E-state index is 12.4. The van der Waals surface area contributed by atoms with E-state index in [1.807, 2.05) is 79.5 Å². The number of carbonyl (C=O) groups is 1. The van der Waals surface area contributed by atoms with Gasteiger partial charge >= 0.3 is 0 Å². The molecule has 0 radical (unpaired) electrons. The molecule has 0 amide bonds. The lowest BCUT2D eigenvalue weighted by atomic mass is 9.81. The lowest BCUT2D eigenvalue weighted by Gasteiger charge is -2.36. The monoisotopic (exact) mass is 381 g/mol. The Morgan fingerprint density at radius 2 is 1.24 bits per heavy atom. The van der Waals surface area contributed by atoms with E-state index >= 15 is 0 Å². The van der Waals surface area contributed by atoms with Crippen LogP contribution in [0.25, 0.3) is 0 Å². The minimum atomic E-state index is -0.798. The van der Waals surface area contributed by atoms with Crippen molar-refractivity contribution in [2.45, 2.75) is 5.54 Å². The molecule has 4 aromatic rings. The maximum Gasteiger partial charge on any atom is 0.162 e. The van der Waals surface area contributed by atoms with Gasteiger partial charge in [0.1, 0.15) is 6.20 Å². The van der Waals surface area contributed by atoms with Crippen molar-refractivity contribution in [3.8, 4) is 0 Å². The minimum Gasteiger partial charge on any atom is -0.367 e. The van der Waals surface area contributed by atoms with Crippen molar-refractivity contribution in [3.05, 3.63) is 120 Å². The fraction of sp³-hybridized carbons (Fsp3) is 0.0417. The van der Waals surface area contributed by atoms with Crippen molar-refractivity contribution in [3.63, 3.8) is 0 Å². The normalized spacial score (nSPS) is 17.0. The fourth-order valence-corrected chi connectivity index (χ4v) is 4.28. The Labute approximate surface area is 168 Å². The topological polar surface area (TPSA) is 60.7 Å². The molecule has 2 aromatic heterocycles. The fourth-order valence-electron chi connectivity index (χ4n) is 4.28. The summed E-state index contributed by atoms with van der Waals surface area (Å²) < 4.78 is 0.228. The summed E-state index contributed by atoms with van der Waals surface area (Å²) >= 11 is 0. The van der Waals surface area contributed by atoms with Crippen LogP contribution >= 0.6 is 0 Å². The highest BCUT2D eigenvalue weighted by atomic mass is 16.1. The molecular formula is C24H21N4O+. The molecule has 1 aliphatic rings. The number of para-hydroxylation sites is 2. The summed E-state index contributed by atoms with van der Waals surface area (Å²) in [6.07, 6.45) is 10.6. The van der Waals surface area contributed by atoms with Crippen molar-refractivity contribution in [1.29, 1.82) is 0 Å². The molecule has 0 fully saturated rings. The molecule has 0 saturated heterocycles. The number of hydrogen-bond donors (Lipinski definition) is 3. The first-order valence-corrected chi connectivity index (χ1v) is 9.54. The summed E-state index contributed by atoms with van der Waals surface area (Å²) in [6, 6.07) is 24.4. The number of H-pyrrole nitrogens is 2. The van der Waals surface area contributed by atoms with Gasteiger partial charge in [0.25, 0.3) is 0 Å². The third-order valence-electron chi connectivity index (χ3n) is 5.63. The van der Waals surface area contributed by atoms with Gasteiger partial charge in [0, 0.05) is 60.2 Å². The number of aromatic amines is 2.